The maximum absolute atomic E-state index is 5.58. The van der Waals surface area contributed by atoms with Gasteiger partial charge in [-0.25, -0.2) is 5.84 Å². The zero-order chi connectivity index (χ0) is 8.85. The van der Waals surface area contributed by atoms with Crippen molar-refractivity contribution in [3.05, 3.63) is 36.3 Å². The summed E-state index contributed by atoms with van der Waals surface area (Å²) in [7, 11) is 0. The van der Waals surface area contributed by atoms with Crippen LogP contribution in [0, 0.1) is 0 Å². The topological polar surface area (TPSA) is 55.3 Å². The molecule has 62 valence electrons. The highest BCUT2D eigenvalue weighted by atomic mass is 15.4. The van der Waals surface area contributed by atoms with Crippen molar-refractivity contribution in [1.82, 2.24) is 5.01 Å². The molecule has 0 rings (SSSR count). The fraction of sp³-hybridized carbons (Fsp3) is 0.250. The molecule has 0 aliphatic carbocycles. The standard InChI is InChI=1S/C8H15N3/c1-4-6-11(10)8(5-2)7(3)9/h4-6H,2,9-10H2,1,3H3/b6-4-,8-7-. The summed E-state index contributed by atoms with van der Waals surface area (Å²) in [5.41, 5.74) is 6.91. The molecule has 0 unspecified atom stereocenters. The molecule has 0 saturated carbocycles. The first-order valence-corrected chi connectivity index (χ1v) is 3.39. The van der Waals surface area contributed by atoms with Gasteiger partial charge in [-0.1, -0.05) is 12.7 Å². The van der Waals surface area contributed by atoms with Crippen LogP contribution in [0.1, 0.15) is 13.8 Å². The van der Waals surface area contributed by atoms with E-state index in [9.17, 15) is 0 Å². The average molecular weight is 153 g/mol. The van der Waals surface area contributed by atoms with Gasteiger partial charge < -0.3 is 5.73 Å². The van der Waals surface area contributed by atoms with Crippen LogP contribution in [0.4, 0.5) is 0 Å². The molecule has 0 spiro atoms. The molecule has 0 heterocycles. The highest BCUT2D eigenvalue weighted by molar-refractivity contribution is 5.20. The van der Waals surface area contributed by atoms with Crippen LogP contribution in [0.3, 0.4) is 0 Å². The van der Waals surface area contributed by atoms with Gasteiger partial charge in [-0.15, -0.1) is 0 Å². The van der Waals surface area contributed by atoms with E-state index in [2.05, 4.69) is 6.58 Å². The summed E-state index contributed by atoms with van der Waals surface area (Å²) < 4.78 is 0. The Morgan fingerprint density at radius 2 is 2.09 bits per heavy atom. The maximum Gasteiger partial charge on any atom is 0.0746 e. The number of allylic oxidation sites excluding steroid dienone is 3. The molecule has 0 aromatic carbocycles. The average Bonchev–Trinajstić information content (AvgIpc) is 1.88. The second-order valence-corrected chi connectivity index (χ2v) is 2.16. The number of hydrazine groups is 1. The van der Waals surface area contributed by atoms with Crippen molar-refractivity contribution in [1.29, 1.82) is 0 Å². The van der Waals surface area contributed by atoms with E-state index in [1.54, 1.807) is 19.2 Å². The lowest BCUT2D eigenvalue weighted by molar-refractivity contribution is 0.501. The summed E-state index contributed by atoms with van der Waals surface area (Å²) in [6.45, 7) is 7.25. The van der Waals surface area contributed by atoms with E-state index < -0.39 is 0 Å². The van der Waals surface area contributed by atoms with Gasteiger partial charge in [-0.3, -0.25) is 5.01 Å². The minimum Gasteiger partial charge on any atom is -0.401 e. The van der Waals surface area contributed by atoms with Gasteiger partial charge in [-0.05, 0) is 19.9 Å². The number of nitrogens with zero attached hydrogens (tertiary/aromatic N) is 1. The summed E-state index contributed by atoms with van der Waals surface area (Å²) in [5.74, 6) is 5.58. The predicted octanol–water partition coefficient (Wildman–Crippen LogP) is 1.07. The summed E-state index contributed by atoms with van der Waals surface area (Å²) in [5, 5.41) is 1.43. The monoisotopic (exact) mass is 153 g/mol. The fourth-order valence-corrected chi connectivity index (χ4v) is 0.711. The smallest absolute Gasteiger partial charge is 0.0746 e. The normalized spacial score (nSPS) is 13.0. The van der Waals surface area contributed by atoms with Crippen molar-refractivity contribution in [2.75, 3.05) is 0 Å². The van der Waals surface area contributed by atoms with Crippen LogP contribution in [0.5, 0.6) is 0 Å². The van der Waals surface area contributed by atoms with Gasteiger partial charge in [0, 0.05) is 11.9 Å². The lowest BCUT2D eigenvalue weighted by Gasteiger charge is -2.15. The Kier molecular flexibility index (Phi) is 4.07. The summed E-state index contributed by atoms with van der Waals surface area (Å²) in [4.78, 5) is 0. The van der Waals surface area contributed by atoms with Crippen LogP contribution in [0.2, 0.25) is 0 Å². The van der Waals surface area contributed by atoms with E-state index in [0.29, 0.717) is 5.70 Å². The van der Waals surface area contributed by atoms with Crippen molar-refractivity contribution >= 4 is 0 Å². The van der Waals surface area contributed by atoms with Gasteiger partial charge >= 0.3 is 0 Å². The molecule has 0 saturated heterocycles. The van der Waals surface area contributed by atoms with Crippen LogP contribution >= 0.6 is 0 Å². The van der Waals surface area contributed by atoms with E-state index in [-0.39, 0.29) is 0 Å². The first-order valence-electron chi connectivity index (χ1n) is 3.39. The Morgan fingerprint density at radius 1 is 1.55 bits per heavy atom. The second-order valence-electron chi connectivity index (χ2n) is 2.16. The number of rotatable bonds is 3. The third-order valence-corrected chi connectivity index (χ3v) is 1.19. The molecule has 4 N–H and O–H groups in total. The molecule has 0 aliphatic heterocycles. The Morgan fingerprint density at radius 3 is 2.36 bits per heavy atom. The summed E-state index contributed by atoms with van der Waals surface area (Å²) in [6.07, 6.45) is 5.16. The van der Waals surface area contributed by atoms with Crippen LogP contribution in [0.15, 0.2) is 36.3 Å². The van der Waals surface area contributed by atoms with Crippen molar-refractivity contribution in [3.8, 4) is 0 Å². The summed E-state index contributed by atoms with van der Waals surface area (Å²) >= 11 is 0. The number of nitrogens with two attached hydrogens (primary N) is 2. The molecule has 0 amide bonds. The molecular formula is C8H15N3. The minimum absolute atomic E-state index is 0.653. The Balaban J connectivity index is 4.52. The SMILES string of the molecule is C=C/C(=C(\C)N)N(N)/C=C\C. The van der Waals surface area contributed by atoms with Gasteiger partial charge in [0.2, 0.25) is 0 Å². The van der Waals surface area contributed by atoms with Crippen LogP contribution in [-0.4, -0.2) is 5.01 Å². The first-order chi connectivity index (χ1) is 5.13. The molecule has 11 heavy (non-hydrogen) atoms. The van der Waals surface area contributed by atoms with Gasteiger partial charge in [0.05, 0.1) is 5.70 Å². The molecular weight excluding hydrogens is 138 g/mol. The number of hydrogen-bond acceptors (Lipinski definition) is 3. The van der Waals surface area contributed by atoms with Crippen molar-refractivity contribution in [2.24, 2.45) is 11.6 Å². The van der Waals surface area contributed by atoms with Gasteiger partial charge in [0.25, 0.3) is 0 Å². The molecule has 0 aliphatic rings. The zero-order valence-corrected chi connectivity index (χ0v) is 7.04. The van der Waals surface area contributed by atoms with Crippen molar-refractivity contribution < 1.29 is 0 Å². The van der Waals surface area contributed by atoms with Crippen LogP contribution in [0.25, 0.3) is 0 Å². The van der Waals surface area contributed by atoms with Gasteiger partial charge in [0.15, 0.2) is 0 Å². The Bertz CT molecular complexity index is 188. The Labute approximate surface area is 67.6 Å². The van der Waals surface area contributed by atoms with Crippen LogP contribution < -0.4 is 11.6 Å². The van der Waals surface area contributed by atoms with E-state index in [0.717, 1.165) is 5.70 Å². The molecule has 0 atom stereocenters. The van der Waals surface area contributed by atoms with Crippen molar-refractivity contribution in [2.45, 2.75) is 13.8 Å². The summed E-state index contributed by atoms with van der Waals surface area (Å²) in [6, 6.07) is 0. The highest BCUT2D eigenvalue weighted by Crippen LogP contribution is 2.03. The highest BCUT2D eigenvalue weighted by Gasteiger charge is 1.98. The quantitative estimate of drug-likeness (QED) is 0.362. The van der Waals surface area contributed by atoms with Gasteiger partial charge in [-0.2, -0.15) is 0 Å². The predicted molar refractivity (Wildman–Crippen MR) is 47.9 cm³/mol. The molecule has 3 heteroatoms. The van der Waals surface area contributed by atoms with E-state index >= 15 is 0 Å². The lowest BCUT2D eigenvalue weighted by atomic mass is 10.3. The van der Waals surface area contributed by atoms with Crippen LogP contribution in [-0.2, 0) is 0 Å². The van der Waals surface area contributed by atoms with Gasteiger partial charge in [0.1, 0.15) is 0 Å². The largest absolute Gasteiger partial charge is 0.401 e. The number of hydrogen-bond donors (Lipinski definition) is 2. The minimum atomic E-state index is 0.653. The first kappa shape index (κ1) is 9.78. The Hall–Kier alpha value is -1.22. The third kappa shape index (κ3) is 2.91. The molecule has 0 aromatic heterocycles. The van der Waals surface area contributed by atoms with E-state index in [1.165, 1.54) is 5.01 Å². The second kappa shape index (κ2) is 4.57. The fourth-order valence-electron chi connectivity index (χ4n) is 0.711. The van der Waals surface area contributed by atoms with E-state index in [4.69, 9.17) is 11.6 Å². The zero-order valence-electron chi connectivity index (χ0n) is 7.04. The third-order valence-electron chi connectivity index (χ3n) is 1.19. The maximum atomic E-state index is 5.58. The molecule has 3 nitrogen and oxygen atoms in total. The lowest BCUT2D eigenvalue weighted by Crippen LogP contribution is -2.25. The molecule has 0 radical (unpaired) electrons. The van der Waals surface area contributed by atoms with E-state index in [1.807, 2.05) is 13.0 Å². The molecule has 0 fully saturated rings. The molecule has 0 aromatic rings. The molecule has 0 bridgehead atoms. The van der Waals surface area contributed by atoms with Crippen molar-refractivity contribution in [3.63, 3.8) is 0 Å².